The third-order valence-corrected chi connectivity index (χ3v) is 11.1. The highest BCUT2D eigenvalue weighted by Gasteiger charge is 2.67. The maximum Gasteiger partial charge on any atom is 0.340 e. The molecule has 0 spiro atoms. The molecule has 1 saturated carbocycles. The molecule has 0 saturated heterocycles. The minimum absolute atomic E-state index is 0.0104. The Morgan fingerprint density at radius 1 is 1.08 bits per heavy atom. The number of rotatable bonds is 11. The van der Waals surface area contributed by atoms with Gasteiger partial charge in [-0.2, -0.15) is 19.0 Å². The molecule has 1 fully saturated rings. The quantitative estimate of drug-likeness (QED) is 0.121. The molecule has 2 N–H and O–H groups in total. The number of aromatic nitrogens is 6. The van der Waals surface area contributed by atoms with Crippen LogP contribution in [0.15, 0.2) is 53.3 Å². The normalized spacial score (nSPS) is 17.3. The van der Waals surface area contributed by atoms with Gasteiger partial charge in [0.15, 0.2) is 5.82 Å². The molecule has 0 bridgehead atoms. The summed E-state index contributed by atoms with van der Waals surface area (Å²) in [5.74, 6) is -10.3. The van der Waals surface area contributed by atoms with Gasteiger partial charge in [-0.15, -0.1) is 0 Å². The van der Waals surface area contributed by atoms with Crippen LogP contribution >= 0.6 is 11.6 Å². The van der Waals surface area contributed by atoms with Gasteiger partial charge in [0.05, 0.1) is 57.5 Å². The van der Waals surface area contributed by atoms with Gasteiger partial charge in [-0.1, -0.05) is 17.7 Å². The van der Waals surface area contributed by atoms with E-state index in [0.29, 0.717) is 10.7 Å². The van der Waals surface area contributed by atoms with Crippen LogP contribution in [0.3, 0.4) is 0 Å². The monoisotopic (exact) mass is 862 g/mol. The zero-order chi connectivity index (χ0) is 42.5. The van der Waals surface area contributed by atoms with Gasteiger partial charge >= 0.3 is 5.97 Å². The molecular weight excluding hydrogens is 834 g/mol. The van der Waals surface area contributed by atoms with Gasteiger partial charge in [-0.3, -0.25) is 28.2 Å². The Morgan fingerprint density at radius 3 is 2.46 bits per heavy atom. The summed E-state index contributed by atoms with van der Waals surface area (Å²) in [5, 5.41) is 10.4. The predicted octanol–water partition coefficient (Wildman–Crippen LogP) is 5.81. The van der Waals surface area contributed by atoms with Crippen LogP contribution < -0.4 is 15.6 Å². The second-order valence-corrected chi connectivity index (χ2v) is 16.4. The number of aryl methyl sites for hydroxylation is 1. The van der Waals surface area contributed by atoms with E-state index in [-0.39, 0.29) is 61.4 Å². The fourth-order valence-electron chi connectivity index (χ4n) is 7.88. The molecule has 3 aromatic carbocycles. The molecule has 1 amide bonds. The Kier molecular flexibility index (Phi) is 9.53. The van der Waals surface area contributed by atoms with Gasteiger partial charge in [-0.25, -0.2) is 35.8 Å². The summed E-state index contributed by atoms with van der Waals surface area (Å²) < 4.78 is 123. The van der Waals surface area contributed by atoms with E-state index in [9.17, 15) is 40.4 Å². The van der Waals surface area contributed by atoms with E-state index in [0.717, 1.165) is 30.1 Å². The van der Waals surface area contributed by atoms with Crippen molar-refractivity contribution in [3.05, 3.63) is 109 Å². The number of sulfonamides is 1. The van der Waals surface area contributed by atoms with Crippen molar-refractivity contribution in [1.82, 2.24) is 34.4 Å². The Balaban J connectivity index is 1.36. The Labute approximate surface area is 333 Å². The maximum absolute atomic E-state index is 15.4. The van der Waals surface area contributed by atoms with Crippen molar-refractivity contribution in [2.45, 2.75) is 43.7 Å². The standard InChI is InChI=1S/C37H29ClF6N8O6S/c1-50-30-24(8-7-22(38)27(30)33(48-50)49-59(3,56)57)52-34(46-28-18(35(52)54)5-4-6-19(28)36(55)58-2)23(11-15-9-16(39)12-17(40)10-15)45-25(53)14-51-31-26(29(47-51)32(41)42)20-13-21(20)37(31,43)44/h4-10,12,20-21,23,32H,11,13-14H2,1-3H3,(H,45,53)(H,48,49)/t20-,21+,23-/m0/s1. The number of esters is 1. The third kappa shape index (κ3) is 6.84. The molecule has 2 aliphatic carbocycles. The number of benzene rings is 3. The van der Waals surface area contributed by atoms with E-state index in [2.05, 4.69) is 25.2 Å². The first kappa shape index (κ1) is 39.8. The second kappa shape index (κ2) is 14.1. The average molecular weight is 863 g/mol. The van der Waals surface area contributed by atoms with Gasteiger partial charge in [0, 0.05) is 31.0 Å². The van der Waals surface area contributed by atoms with E-state index in [4.69, 9.17) is 16.3 Å². The van der Waals surface area contributed by atoms with Crippen LogP contribution in [0.25, 0.3) is 27.5 Å². The molecule has 3 atom stereocenters. The predicted molar refractivity (Wildman–Crippen MR) is 199 cm³/mol. The SMILES string of the molecule is COC(=O)c1cccc2c(=O)n(-c3ccc(Cl)c4c(NS(C)(=O)=O)nn(C)c34)c([C@H](Cc3cc(F)cc(F)c3)NC(=O)Cn3nc(C(F)F)c4c3C(F)(F)[C@@H]3C[C@H]43)nc12. The van der Waals surface area contributed by atoms with Crippen molar-refractivity contribution < 1.29 is 49.1 Å². The number of hydrogen-bond donors (Lipinski definition) is 2. The number of amides is 1. The summed E-state index contributed by atoms with van der Waals surface area (Å²) in [6, 6.07) is 7.51. The molecule has 8 rings (SSSR count). The molecule has 14 nitrogen and oxygen atoms in total. The van der Waals surface area contributed by atoms with Gasteiger partial charge < -0.3 is 10.1 Å². The lowest BCUT2D eigenvalue weighted by atomic mass is 10.0. The van der Waals surface area contributed by atoms with E-state index in [1.807, 2.05) is 0 Å². The number of para-hydroxylation sites is 1. The molecule has 3 aromatic heterocycles. The molecule has 59 heavy (non-hydrogen) atoms. The highest BCUT2D eigenvalue weighted by Crippen LogP contribution is 2.68. The highest BCUT2D eigenvalue weighted by atomic mass is 35.5. The lowest BCUT2D eigenvalue weighted by molar-refractivity contribution is -0.123. The first-order chi connectivity index (χ1) is 27.8. The smallest absolute Gasteiger partial charge is 0.340 e. The van der Waals surface area contributed by atoms with E-state index in [1.165, 1.54) is 42.1 Å². The number of anilines is 1. The molecule has 308 valence electrons. The average Bonchev–Trinajstić information content (AvgIpc) is 3.69. The van der Waals surface area contributed by atoms with E-state index >= 15 is 8.78 Å². The molecule has 0 aliphatic heterocycles. The van der Waals surface area contributed by atoms with Crippen LogP contribution in [-0.4, -0.2) is 62.8 Å². The molecule has 0 radical (unpaired) electrons. The van der Waals surface area contributed by atoms with Crippen LogP contribution in [0.5, 0.6) is 0 Å². The third-order valence-electron chi connectivity index (χ3n) is 10.2. The number of halogens is 7. The van der Waals surface area contributed by atoms with Crippen molar-refractivity contribution in [3.8, 4) is 5.69 Å². The Morgan fingerprint density at radius 2 is 1.80 bits per heavy atom. The van der Waals surface area contributed by atoms with Crippen LogP contribution in [0.1, 0.15) is 63.5 Å². The zero-order valence-corrected chi connectivity index (χ0v) is 32.3. The van der Waals surface area contributed by atoms with Gasteiger partial charge in [0.1, 0.15) is 35.4 Å². The molecule has 6 aromatic rings. The van der Waals surface area contributed by atoms with Crippen LogP contribution in [-0.2, 0) is 45.5 Å². The van der Waals surface area contributed by atoms with Crippen molar-refractivity contribution in [2.75, 3.05) is 18.1 Å². The number of methoxy groups -OCH3 is 1. The van der Waals surface area contributed by atoms with Crippen molar-refractivity contribution in [3.63, 3.8) is 0 Å². The fraction of sp³-hybridized carbons (Fsp3) is 0.297. The number of fused-ring (bicyclic) bond motifs is 5. The molecule has 22 heteroatoms. The van der Waals surface area contributed by atoms with Gasteiger partial charge in [0.2, 0.25) is 15.9 Å². The number of alkyl halides is 4. The summed E-state index contributed by atoms with van der Waals surface area (Å²) in [4.78, 5) is 46.5. The zero-order valence-electron chi connectivity index (χ0n) is 30.7. The topological polar surface area (TPSA) is 172 Å². The first-order valence-electron chi connectivity index (χ1n) is 17.6. The van der Waals surface area contributed by atoms with Gasteiger partial charge in [0.25, 0.3) is 17.9 Å². The van der Waals surface area contributed by atoms with Crippen molar-refractivity contribution in [2.24, 2.45) is 13.0 Å². The Hall–Kier alpha value is -5.96. The number of nitrogens with one attached hydrogen (secondary N) is 2. The first-order valence-corrected chi connectivity index (χ1v) is 19.8. The summed E-state index contributed by atoms with van der Waals surface area (Å²) in [7, 11) is -1.44. The van der Waals surface area contributed by atoms with Crippen LogP contribution in [0.2, 0.25) is 5.02 Å². The lowest BCUT2D eigenvalue weighted by Gasteiger charge is -2.24. The second-order valence-electron chi connectivity index (χ2n) is 14.2. The number of hydrogen-bond acceptors (Lipinski definition) is 9. The van der Waals surface area contributed by atoms with Crippen molar-refractivity contribution >= 4 is 61.1 Å². The van der Waals surface area contributed by atoms with E-state index < -0.39 is 99.5 Å². The molecule has 3 heterocycles. The minimum atomic E-state index is -3.93. The largest absolute Gasteiger partial charge is 0.465 e. The number of nitrogens with zero attached hydrogens (tertiary/aromatic N) is 6. The molecular formula is C37H29ClF6N8O6S. The lowest BCUT2D eigenvalue weighted by Crippen LogP contribution is -2.38. The Bertz CT molecular complexity index is 2930. The number of ether oxygens (including phenoxy) is 1. The maximum atomic E-state index is 15.4. The molecule has 0 unspecified atom stereocenters. The highest BCUT2D eigenvalue weighted by molar-refractivity contribution is 7.92. The van der Waals surface area contributed by atoms with Crippen molar-refractivity contribution in [1.29, 1.82) is 0 Å². The minimum Gasteiger partial charge on any atom is -0.465 e. The molecule has 2 aliphatic rings. The van der Waals surface area contributed by atoms with Gasteiger partial charge in [-0.05, 0) is 54.3 Å². The summed E-state index contributed by atoms with van der Waals surface area (Å²) in [6.07, 6.45) is -2.92. The fourth-order valence-corrected chi connectivity index (χ4v) is 8.61. The van der Waals surface area contributed by atoms with Crippen LogP contribution in [0.4, 0.5) is 32.2 Å². The van der Waals surface area contributed by atoms with E-state index in [1.54, 1.807) is 0 Å². The summed E-state index contributed by atoms with van der Waals surface area (Å²) >= 11 is 6.57. The van der Waals surface area contributed by atoms with Crippen LogP contribution in [0, 0.1) is 17.6 Å². The summed E-state index contributed by atoms with van der Waals surface area (Å²) in [5.41, 5.74) is -3.45. The number of carbonyl (C=O) groups is 2. The number of carbonyl (C=O) groups excluding carboxylic acids is 2. The summed E-state index contributed by atoms with van der Waals surface area (Å²) in [6.45, 7) is -1.03.